The van der Waals surface area contributed by atoms with Gasteiger partial charge in [-0.1, -0.05) is 29.6 Å². The zero-order chi connectivity index (χ0) is 13.4. The van der Waals surface area contributed by atoms with E-state index in [2.05, 4.69) is 10.6 Å². The Balaban J connectivity index is 1.69. The number of benzene rings is 1. The minimum Gasteiger partial charge on any atom is -0.325 e. The Morgan fingerprint density at radius 3 is 2.89 bits per heavy atom. The molecule has 0 radical (unpaired) electrons. The van der Waals surface area contributed by atoms with E-state index >= 15 is 0 Å². The second-order valence-electron chi connectivity index (χ2n) is 5.36. The van der Waals surface area contributed by atoms with Gasteiger partial charge in [-0.15, -0.1) is 0 Å². The summed E-state index contributed by atoms with van der Waals surface area (Å²) in [5.74, 6) is 1.19. The number of nitrogens with one attached hydrogen (secondary N) is 2. The molecule has 1 aliphatic heterocycles. The molecule has 1 saturated heterocycles. The molecule has 5 heteroatoms. The zero-order valence-electron chi connectivity index (χ0n) is 10.5. The molecule has 3 atom stereocenters. The highest BCUT2D eigenvalue weighted by Crippen LogP contribution is 2.38. The lowest BCUT2D eigenvalue weighted by Gasteiger charge is -2.17. The van der Waals surface area contributed by atoms with Crippen molar-refractivity contribution in [1.29, 1.82) is 0 Å². The fourth-order valence-electron chi connectivity index (χ4n) is 3.27. The van der Waals surface area contributed by atoms with Gasteiger partial charge in [0.1, 0.15) is 0 Å². The van der Waals surface area contributed by atoms with Gasteiger partial charge in [0.2, 0.25) is 5.91 Å². The number of hydrogen-bond acceptors (Lipinski definition) is 2. The van der Waals surface area contributed by atoms with Crippen LogP contribution in [0.2, 0.25) is 10.0 Å². The lowest BCUT2D eigenvalue weighted by Crippen LogP contribution is -2.39. The van der Waals surface area contributed by atoms with Crippen LogP contribution in [0.5, 0.6) is 0 Å². The Morgan fingerprint density at radius 2 is 2.11 bits per heavy atom. The molecule has 1 amide bonds. The molecule has 1 aliphatic carbocycles. The van der Waals surface area contributed by atoms with E-state index in [1.807, 2.05) is 0 Å². The fraction of sp³-hybridized carbons (Fsp3) is 0.500. The zero-order valence-corrected chi connectivity index (χ0v) is 12.0. The van der Waals surface area contributed by atoms with E-state index in [1.54, 1.807) is 18.2 Å². The van der Waals surface area contributed by atoms with E-state index in [9.17, 15) is 4.79 Å². The van der Waals surface area contributed by atoms with Crippen molar-refractivity contribution in [3.63, 3.8) is 0 Å². The second kappa shape index (κ2) is 5.31. The molecule has 1 heterocycles. The molecule has 0 aromatic heterocycles. The predicted octanol–water partition coefficient (Wildman–Crippen LogP) is 3.32. The number of fused-ring (bicyclic) bond motifs is 1. The Labute approximate surface area is 122 Å². The minimum atomic E-state index is -0.0676. The van der Waals surface area contributed by atoms with Gasteiger partial charge in [0.05, 0.1) is 16.1 Å². The number of amides is 1. The summed E-state index contributed by atoms with van der Waals surface area (Å²) in [7, 11) is 0. The van der Waals surface area contributed by atoms with Gasteiger partial charge in [-0.05, 0) is 49.4 Å². The van der Waals surface area contributed by atoms with Crippen molar-refractivity contribution in [3.8, 4) is 0 Å². The Hall–Kier alpha value is -0.770. The first-order valence-electron chi connectivity index (χ1n) is 6.64. The quantitative estimate of drug-likeness (QED) is 0.879. The van der Waals surface area contributed by atoms with Crippen LogP contribution < -0.4 is 10.6 Å². The highest BCUT2D eigenvalue weighted by molar-refractivity contribution is 6.42. The van der Waals surface area contributed by atoms with Gasteiger partial charge >= 0.3 is 0 Å². The molecule has 0 spiro atoms. The molecule has 102 valence electrons. The van der Waals surface area contributed by atoms with Crippen LogP contribution in [0.15, 0.2) is 18.2 Å². The summed E-state index contributed by atoms with van der Waals surface area (Å²) in [5.41, 5.74) is 0.697. The first-order valence-corrected chi connectivity index (χ1v) is 7.40. The van der Waals surface area contributed by atoms with Crippen molar-refractivity contribution in [2.24, 2.45) is 11.8 Å². The topological polar surface area (TPSA) is 41.1 Å². The standard InChI is InChI=1S/C14H16Cl2N2O/c15-11-5-4-9(6-12(11)16)18-14(19)13-10-3-1-2-8(10)7-17-13/h4-6,8,10,13,17H,1-3,7H2,(H,18,19). The van der Waals surface area contributed by atoms with Crippen molar-refractivity contribution in [1.82, 2.24) is 5.32 Å². The van der Waals surface area contributed by atoms with Gasteiger partial charge in [0, 0.05) is 5.69 Å². The lowest BCUT2D eigenvalue weighted by molar-refractivity contribution is -0.118. The van der Waals surface area contributed by atoms with E-state index in [0.29, 0.717) is 27.6 Å². The maximum absolute atomic E-state index is 12.3. The summed E-state index contributed by atoms with van der Waals surface area (Å²) in [6.45, 7) is 0.962. The monoisotopic (exact) mass is 298 g/mol. The van der Waals surface area contributed by atoms with E-state index < -0.39 is 0 Å². The largest absolute Gasteiger partial charge is 0.325 e. The normalized spacial score (nSPS) is 29.3. The van der Waals surface area contributed by atoms with E-state index in [0.717, 1.165) is 13.0 Å². The molecular formula is C14H16Cl2N2O. The van der Waals surface area contributed by atoms with Crippen LogP contribution >= 0.6 is 23.2 Å². The van der Waals surface area contributed by atoms with Crippen LogP contribution in [0.1, 0.15) is 19.3 Å². The molecule has 1 aromatic rings. The van der Waals surface area contributed by atoms with Crippen LogP contribution in [0.3, 0.4) is 0 Å². The van der Waals surface area contributed by atoms with Gasteiger partial charge in [0.15, 0.2) is 0 Å². The number of carbonyl (C=O) groups excluding carboxylic acids is 1. The molecular weight excluding hydrogens is 283 g/mol. The van der Waals surface area contributed by atoms with Crippen LogP contribution in [-0.4, -0.2) is 18.5 Å². The molecule has 3 nitrogen and oxygen atoms in total. The third-order valence-electron chi connectivity index (χ3n) is 4.22. The molecule has 3 unspecified atom stereocenters. The van der Waals surface area contributed by atoms with Crippen molar-refractivity contribution < 1.29 is 4.79 Å². The molecule has 19 heavy (non-hydrogen) atoms. The van der Waals surface area contributed by atoms with E-state index in [1.165, 1.54) is 12.8 Å². The average molecular weight is 299 g/mol. The Morgan fingerprint density at radius 1 is 1.26 bits per heavy atom. The third kappa shape index (κ3) is 2.60. The van der Waals surface area contributed by atoms with Crippen LogP contribution in [0.4, 0.5) is 5.69 Å². The summed E-state index contributed by atoms with van der Waals surface area (Å²) in [6, 6.07) is 5.08. The van der Waals surface area contributed by atoms with Gasteiger partial charge < -0.3 is 10.6 Å². The fourth-order valence-corrected chi connectivity index (χ4v) is 3.57. The summed E-state index contributed by atoms with van der Waals surface area (Å²) in [4.78, 5) is 12.3. The highest BCUT2D eigenvalue weighted by Gasteiger charge is 2.42. The van der Waals surface area contributed by atoms with Crippen molar-refractivity contribution in [2.45, 2.75) is 25.3 Å². The molecule has 1 aromatic carbocycles. The smallest absolute Gasteiger partial charge is 0.241 e. The Kier molecular flexibility index (Phi) is 3.70. The Bertz CT molecular complexity index is 506. The van der Waals surface area contributed by atoms with Crippen molar-refractivity contribution >= 4 is 34.8 Å². The highest BCUT2D eigenvalue weighted by atomic mass is 35.5. The summed E-state index contributed by atoms with van der Waals surface area (Å²) in [6.07, 6.45) is 3.64. The van der Waals surface area contributed by atoms with Gasteiger partial charge in [-0.2, -0.15) is 0 Å². The van der Waals surface area contributed by atoms with Crippen molar-refractivity contribution in [3.05, 3.63) is 28.2 Å². The van der Waals surface area contributed by atoms with Crippen molar-refractivity contribution in [2.75, 3.05) is 11.9 Å². The van der Waals surface area contributed by atoms with Crippen LogP contribution in [0.25, 0.3) is 0 Å². The molecule has 3 rings (SSSR count). The number of carbonyl (C=O) groups is 1. The first-order chi connectivity index (χ1) is 9.15. The predicted molar refractivity (Wildman–Crippen MR) is 77.7 cm³/mol. The molecule has 2 N–H and O–H groups in total. The third-order valence-corrected chi connectivity index (χ3v) is 4.95. The first kappa shape index (κ1) is 13.2. The van der Waals surface area contributed by atoms with Gasteiger partial charge in [0.25, 0.3) is 0 Å². The lowest BCUT2D eigenvalue weighted by atomic mass is 9.93. The maximum Gasteiger partial charge on any atom is 0.241 e. The van der Waals surface area contributed by atoms with Gasteiger partial charge in [-0.25, -0.2) is 0 Å². The second-order valence-corrected chi connectivity index (χ2v) is 6.17. The summed E-state index contributed by atoms with van der Waals surface area (Å²) in [5, 5.41) is 7.20. The van der Waals surface area contributed by atoms with E-state index in [-0.39, 0.29) is 11.9 Å². The molecule has 2 fully saturated rings. The van der Waals surface area contributed by atoms with Crippen LogP contribution in [0, 0.1) is 11.8 Å². The number of halogens is 2. The van der Waals surface area contributed by atoms with Gasteiger partial charge in [-0.3, -0.25) is 4.79 Å². The number of hydrogen-bond donors (Lipinski definition) is 2. The molecule has 0 bridgehead atoms. The van der Waals surface area contributed by atoms with E-state index in [4.69, 9.17) is 23.2 Å². The molecule has 2 aliphatic rings. The molecule has 1 saturated carbocycles. The SMILES string of the molecule is O=C(Nc1ccc(Cl)c(Cl)c1)C1NCC2CCCC21. The number of anilines is 1. The number of rotatable bonds is 2. The summed E-state index contributed by atoms with van der Waals surface area (Å²) < 4.78 is 0. The minimum absolute atomic E-state index is 0.0350. The van der Waals surface area contributed by atoms with Crippen LogP contribution in [-0.2, 0) is 4.79 Å². The summed E-state index contributed by atoms with van der Waals surface area (Å²) >= 11 is 11.8. The maximum atomic E-state index is 12.3. The average Bonchev–Trinajstić information content (AvgIpc) is 2.95.